The molecule has 170 valence electrons. The zero-order chi connectivity index (χ0) is 22.8. The quantitative estimate of drug-likeness (QED) is 0.490. The molecule has 3 aromatic heterocycles. The Morgan fingerprint density at radius 3 is 2.61 bits per heavy atom. The number of hydrogen-bond donors (Lipinski definition) is 1. The maximum atomic E-state index is 12.7. The van der Waals surface area contributed by atoms with Crippen molar-refractivity contribution in [3.05, 3.63) is 66.0 Å². The molecule has 9 nitrogen and oxygen atoms in total. The van der Waals surface area contributed by atoms with Crippen LogP contribution in [0.4, 0.5) is 0 Å². The number of amides is 1. The normalized spacial score (nSPS) is 14.7. The Hall–Kier alpha value is -3.72. The highest BCUT2D eigenvalue weighted by molar-refractivity contribution is 5.94. The molecule has 1 N–H and O–H groups in total. The van der Waals surface area contributed by atoms with Crippen LogP contribution >= 0.6 is 0 Å². The van der Waals surface area contributed by atoms with Crippen molar-refractivity contribution in [1.29, 1.82) is 0 Å². The van der Waals surface area contributed by atoms with Crippen LogP contribution < -0.4 is 4.74 Å². The molecule has 5 rings (SSSR count). The van der Waals surface area contributed by atoms with E-state index in [1.807, 2.05) is 48.4 Å². The van der Waals surface area contributed by atoms with E-state index >= 15 is 0 Å². The average molecular weight is 446 g/mol. The highest BCUT2D eigenvalue weighted by Crippen LogP contribution is 2.31. The molecule has 4 aromatic rings. The Labute approximate surface area is 192 Å². The molecule has 0 radical (unpaired) electrons. The molecular weight excluding hydrogens is 418 g/mol. The fourth-order valence-electron chi connectivity index (χ4n) is 4.36. The number of carbonyl (C=O) groups is 1. The van der Waals surface area contributed by atoms with E-state index in [1.165, 1.54) is 5.56 Å². The summed E-state index contributed by atoms with van der Waals surface area (Å²) in [5.74, 6) is 2.24. The minimum Gasteiger partial charge on any atom is -0.494 e. The van der Waals surface area contributed by atoms with Crippen molar-refractivity contribution in [1.82, 2.24) is 34.5 Å². The molecule has 1 aliphatic rings. The predicted molar refractivity (Wildman–Crippen MR) is 125 cm³/mol. The van der Waals surface area contributed by atoms with Crippen LogP contribution in [0, 0.1) is 6.92 Å². The third-order valence-corrected chi connectivity index (χ3v) is 6.16. The number of carbonyl (C=O) groups excluding carboxylic acids is 1. The Kier molecular flexibility index (Phi) is 5.78. The van der Waals surface area contributed by atoms with Gasteiger partial charge in [0.15, 0.2) is 5.82 Å². The number of aromatic nitrogens is 5. The number of aromatic amines is 1. The largest absolute Gasteiger partial charge is 0.494 e. The number of hydrogen-bond acceptors (Lipinski definition) is 6. The van der Waals surface area contributed by atoms with Crippen LogP contribution in [0.5, 0.6) is 5.75 Å². The monoisotopic (exact) mass is 445 g/mol. The minimum atomic E-state index is 0.111. The maximum Gasteiger partial charge on any atom is 0.253 e. The lowest BCUT2D eigenvalue weighted by Crippen LogP contribution is -2.49. The number of piperazine rings is 1. The Balaban J connectivity index is 1.27. The van der Waals surface area contributed by atoms with Crippen LogP contribution in [0.25, 0.3) is 16.7 Å². The third-order valence-electron chi connectivity index (χ3n) is 6.16. The fourth-order valence-corrected chi connectivity index (χ4v) is 4.36. The van der Waals surface area contributed by atoms with E-state index in [0.717, 1.165) is 61.4 Å². The summed E-state index contributed by atoms with van der Waals surface area (Å²) in [6.07, 6.45) is 6.29. The lowest BCUT2D eigenvalue weighted by atomic mass is 10.1. The molecule has 0 bridgehead atoms. The van der Waals surface area contributed by atoms with Gasteiger partial charge in [0.1, 0.15) is 17.9 Å². The number of fused-ring (bicyclic) bond motifs is 1. The first-order valence-electron chi connectivity index (χ1n) is 11.1. The summed E-state index contributed by atoms with van der Waals surface area (Å²) < 4.78 is 7.29. The molecule has 33 heavy (non-hydrogen) atoms. The topological polar surface area (TPSA) is 92.2 Å². The number of nitrogens with zero attached hydrogens (tertiary/aromatic N) is 6. The zero-order valence-electron chi connectivity index (χ0n) is 18.9. The van der Waals surface area contributed by atoms with Crippen LogP contribution in [0.1, 0.15) is 21.7 Å². The first-order chi connectivity index (χ1) is 16.1. The van der Waals surface area contributed by atoms with Gasteiger partial charge in [0.25, 0.3) is 5.91 Å². The van der Waals surface area contributed by atoms with Crippen molar-refractivity contribution in [3.63, 3.8) is 0 Å². The molecular formula is C24H27N7O2. The van der Waals surface area contributed by atoms with E-state index in [9.17, 15) is 4.79 Å². The number of H-pyrrole nitrogens is 1. The van der Waals surface area contributed by atoms with Gasteiger partial charge in [-0.05, 0) is 31.0 Å². The standard InChI is InChI=1S/C24H27N7O2/c1-17-27-16-31(28-17)23-22-21(20(33-2)15-26-23)19(14-25-22)8-9-29-10-12-30(13-11-29)24(32)18-6-4-3-5-7-18/h3-7,14-16,25H,8-13H2,1-2H3. The summed E-state index contributed by atoms with van der Waals surface area (Å²) in [4.78, 5) is 29.2. The lowest BCUT2D eigenvalue weighted by Gasteiger charge is -2.34. The van der Waals surface area contributed by atoms with Crippen LogP contribution in [0.3, 0.4) is 0 Å². The first-order valence-corrected chi connectivity index (χ1v) is 11.1. The van der Waals surface area contributed by atoms with Gasteiger partial charge in [-0.25, -0.2) is 14.6 Å². The van der Waals surface area contributed by atoms with Gasteiger partial charge in [0.2, 0.25) is 0 Å². The second kappa shape index (κ2) is 9.03. The van der Waals surface area contributed by atoms with Gasteiger partial charge in [-0.3, -0.25) is 9.69 Å². The SMILES string of the molecule is COc1cnc(-n2cnc(C)n2)c2[nH]cc(CCN3CCN(C(=O)c4ccccc4)CC3)c12. The van der Waals surface area contributed by atoms with Crippen molar-refractivity contribution in [2.45, 2.75) is 13.3 Å². The van der Waals surface area contributed by atoms with E-state index < -0.39 is 0 Å². The molecule has 0 aliphatic carbocycles. The van der Waals surface area contributed by atoms with Gasteiger partial charge in [-0.15, -0.1) is 0 Å². The van der Waals surface area contributed by atoms with E-state index in [-0.39, 0.29) is 5.91 Å². The number of ether oxygens (including phenoxy) is 1. The molecule has 1 aliphatic heterocycles. The number of methoxy groups -OCH3 is 1. The van der Waals surface area contributed by atoms with Crippen molar-refractivity contribution >= 4 is 16.8 Å². The number of pyridine rings is 1. The van der Waals surface area contributed by atoms with Crippen LogP contribution in [0.15, 0.2) is 49.1 Å². The van der Waals surface area contributed by atoms with Crippen LogP contribution in [-0.4, -0.2) is 80.3 Å². The van der Waals surface area contributed by atoms with Crippen molar-refractivity contribution < 1.29 is 9.53 Å². The second-order valence-corrected chi connectivity index (χ2v) is 8.20. The molecule has 4 heterocycles. The smallest absolute Gasteiger partial charge is 0.253 e. The van der Waals surface area contributed by atoms with Gasteiger partial charge in [-0.1, -0.05) is 18.2 Å². The highest BCUT2D eigenvalue weighted by Gasteiger charge is 2.23. The van der Waals surface area contributed by atoms with E-state index in [4.69, 9.17) is 4.74 Å². The van der Waals surface area contributed by atoms with E-state index in [1.54, 1.807) is 24.3 Å². The minimum absolute atomic E-state index is 0.111. The van der Waals surface area contributed by atoms with Crippen LogP contribution in [-0.2, 0) is 6.42 Å². The van der Waals surface area contributed by atoms with Gasteiger partial charge >= 0.3 is 0 Å². The Morgan fingerprint density at radius 2 is 1.91 bits per heavy atom. The summed E-state index contributed by atoms with van der Waals surface area (Å²) in [5.41, 5.74) is 2.81. The summed E-state index contributed by atoms with van der Waals surface area (Å²) in [5, 5.41) is 5.42. The summed E-state index contributed by atoms with van der Waals surface area (Å²) in [6, 6.07) is 9.50. The number of aryl methyl sites for hydroxylation is 1. The Morgan fingerprint density at radius 1 is 1.12 bits per heavy atom. The molecule has 1 fully saturated rings. The lowest BCUT2D eigenvalue weighted by molar-refractivity contribution is 0.0638. The van der Waals surface area contributed by atoms with Gasteiger partial charge in [0.05, 0.1) is 24.2 Å². The molecule has 1 amide bonds. The summed E-state index contributed by atoms with van der Waals surface area (Å²) in [6.45, 7) is 5.97. The predicted octanol–water partition coefficient (Wildman–Crippen LogP) is 2.46. The Bertz CT molecular complexity index is 1260. The molecule has 0 saturated carbocycles. The second-order valence-electron chi connectivity index (χ2n) is 8.20. The number of rotatable bonds is 6. The molecule has 0 unspecified atom stereocenters. The highest BCUT2D eigenvalue weighted by atomic mass is 16.5. The molecule has 1 aromatic carbocycles. The average Bonchev–Trinajstić information content (AvgIpc) is 3.49. The van der Waals surface area contributed by atoms with Gasteiger partial charge in [-0.2, -0.15) is 5.10 Å². The fraction of sp³-hybridized carbons (Fsp3) is 0.333. The maximum absolute atomic E-state index is 12.7. The van der Waals surface area contributed by atoms with Gasteiger partial charge in [0, 0.05) is 44.5 Å². The molecule has 1 saturated heterocycles. The van der Waals surface area contributed by atoms with E-state index in [0.29, 0.717) is 11.6 Å². The van der Waals surface area contributed by atoms with Crippen molar-refractivity contribution in [2.75, 3.05) is 39.8 Å². The zero-order valence-corrected chi connectivity index (χ0v) is 18.9. The summed E-state index contributed by atoms with van der Waals surface area (Å²) >= 11 is 0. The molecule has 9 heteroatoms. The first kappa shape index (κ1) is 21.1. The number of benzene rings is 1. The molecule has 0 atom stereocenters. The van der Waals surface area contributed by atoms with Crippen molar-refractivity contribution in [2.24, 2.45) is 0 Å². The van der Waals surface area contributed by atoms with Gasteiger partial charge < -0.3 is 14.6 Å². The van der Waals surface area contributed by atoms with Crippen LogP contribution in [0.2, 0.25) is 0 Å². The van der Waals surface area contributed by atoms with Crippen molar-refractivity contribution in [3.8, 4) is 11.6 Å². The molecule has 0 spiro atoms. The summed E-state index contributed by atoms with van der Waals surface area (Å²) in [7, 11) is 1.66. The number of nitrogens with one attached hydrogen (secondary N) is 1. The third kappa shape index (κ3) is 4.19. The van der Waals surface area contributed by atoms with E-state index in [2.05, 4.69) is 25.0 Å².